The van der Waals surface area contributed by atoms with Crippen molar-refractivity contribution >= 4 is 11.5 Å². The Labute approximate surface area is 168 Å². The number of anilines is 1. The Bertz CT molecular complexity index is 1130. The Morgan fingerprint density at radius 3 is 2.34 bits per heavy atom. The maximum atomic E-state index is 13.3. The maximum Gasteiger partial charge on any atom is 0.162 e. The molecule has 0 aliphatic carbocycles. The summed E-state index contributed by atoms with van der Waals surface area (Å²) in [5.74, 6) is 0.672. The summed E-state index contributed by atoms with van der Waals surface area (Å²) in [6.45, 7) is 3.89. The second kappa shape index (κ2) is 7.25. The highest BCUT2D eigenvalue weighted by Crippen LogP contribution is 2.29. The molecule has 0 spiro atoms. The van der Waals surface area contributed by atoms with Crippen molar-refractivity contribution in [2.45, 2.75) is 0 Å². The number of piperazine rings is 1. The molecular weight excluding hydrogens is 367 g/mol. The molecule has 0 atom stereocenters. The summed E-state index contributed by atoms with van der Waals surface area (Å²) in [4.78, 5) is 13.6. The number of rotatable bonds is 3. The van der Waals surface area contributed by atoms with Crippen LogP contribution in [0.2, 0.25) is 0 Å². The minimum atomic E-state index is -0.259. The number of imidazole rings is 1. The molecule has 0 unspecified atom stereocenters. The number of hydrogen-bond donors (Lipinski definition) is 0. The Kier molecular flexibility index (Phi) is 4.44. The first-order valence-corrected chi connectivity index (χ1v) is 9.68. The quantitative estimate of drug-likeness (QED) is 0.539. The van der Waals surface area contributed by atoms with Gasteiger partial charge in [0.05, 0.1) is 11.9 Å². The number of hydrogen-bond acceptors (Lipinski definition) is 5. The summed E-state index contributed by atoms with van der Waals surface area (Å²) < 4.78 is 15.2. The lowest BCUT2D eigenvalue weighted by Gasteiger charge is -2.33. The Hall–Kier alpha value is -3.32. The van der Waals surface area contributed by atoms with Crippen molar-refractivity contribution in [2.24, 2.45) is 0 Å². The van der Waals surface area contributed by atoms with Gasteiger partial charge in [0.1, 0.15) is 11.6 Å². The Morgan fingerprint density at radius 2 is 1.62 bits per heavy atom. The minimum absolute atomic E-state index is 0.259. The van der Waals surface area contributed by atoms with E-state index in [-0.39, 0.29) is 5.82 Å². The topological polar surface area (TPSA) is 49.6 Å². The van der Waals surface area contributed by atoms with Gasteiger partial charge in [-0.05, 0) is 55.1 Å². The van der Waals surface area contributed by atoms with Gasteiger partial charge in [0, 0.05) is 49.7 Å². The SMILES string of the molecule is CN1CCN(c2cc(-c3ccncc3)c3nc(-c4ccc(F)cc4)cn3n2)CC1. The summed E-state index contributed by atoms with van der Waals surface area (Å²) in [6, 6.07) is 12.5. The van der Waals surface area contributed by atoms with Crippen LogP contribution >= 0.6 is 0 Å². The van der Waals surface area contributed by atoms with Gasteiger partial charge in [-0.25, -0.2) is 13.9 Å². The van der Waals surface area contributed by atoms with Gasteiger partial charge in [-0.15, -0.1) is 5.10 Å². The van der Waals surface area contributed by atoms with Gasteiger partial charge in [-0.1, -0.05) is 0 Å². The zero-order chi connectivity index (χ0) is 19.8. The van der Waals surface area contributed by atoms with E-state index >= 15 is 0 Å². The minimum Gasteiger partial charge on any atom is -0.353 e. The second-order valence-electron chi connectivity index (χ2n) is 7.34. The fourth-order valence-corrected chi connectivity index (χ4v) is 3.66. The molecule has 0 saturated carbocycles. The van der Waals surface area contributed by atoms with Crippen molar-refractivity contribution in [3.63, 3.8) is 0 Å². The number of fused-ring (bicyclic) bond motifs is 1. The van der Waals surface area contributed by atoms with Crippen LogP contribution in [-0.2, 0) is 0 Å². The predicted octanol–water partition coefficient (Wildman–Crippen LogP) is 3.35. The van der Waals surface area contributed by atoms with Gasteiger partial charge in [0.15, 0.2) is 5.65 Å². The number of nitrogens with zero attached hydrogens (tertiary/aromatic N) is 6. The van der Waals surface area contributed by atoms with E-state index in [4.69, 9.17) is 10.1 Å². The zero-order valence-electron chi connectivity index (χ0n) is 16.2. The van der Waals surface area contributed by atoms with Crippen molar-refractivity contribution in [1.29, 1.82) is 0 Å². The molecule has 146 valence electrons. The number of benzene rings is 1. The van der Waals surface area contributed by atoms with Gasteiger partial charge in [0.2, 0.25) is 0 Å². The third kappa shape index (κ3) is 3.45. The van der Waals surface area contributed by atoms with E-state index in [9.17, 15) is 4.39 Å². The molecule has 1 saturated heterocycles. The molecule has 1 aliphatic heterocycles. The molecule has 1 aliphatic rings. The molecule has 7 heteroatoms. The largest absolute Gasteiger partial charge is 0.353 e. The van der Waals surface area contributed by atoms with Crippen LogP contribution in [0.5, 0.6) is 0 Å². The van der Waals surface area contributed by atoms with Crippen LogP contribution in [0.25, 0.3) is 28.0 Å². The van der Waals surface area contributed by atoms with Crippen molar-refractivity contribution in [3.05, 3.63) is 66.9 Å². The van der Waals surface area contributed by atoms with Gasteiger partial charge in [0.25, 0.3) is 0 Å². The lowest BCUT2D eigenvalue weighted by atomic mass is 10.1. The summed E-state index contributed by atoms with van der Waals surface area (Å²) in [5, 5.41) is 4.85. The standard InChI is InChI=1S/C22H21FN6/c1-27-10-12-28(13-11-27)21-14-19(16-6-8-24-9-7-16)22-25-20(15-29(22)26-21)17-2-4-18(23)5-3-17/h2-9,14-15H,10-13H2,1H3. The van der Waals surface area contributed by atoms with E-state index in [1.807, 2.05) is 22.8 Å². The third-order valence-electron chi connectivity index (χ3n) is 5.37. The lowest BCUT2D eigenvalue weighted by Crippen LogP contribution is -2.45. The molecule has 5 rings (SSSR count). The Morgan fingerprint density at radius 1 is 0.897 bits per heavy atom. The third-order valence-corrected chi connectivity index (χ3v) is 5.37. The van der Waals surface area contributed by atoms with E-state index in [1.54, 1.807) is 24.5 Å². The van der Waals surface area contributed by atoms with Crippen LogP contribution in [0.15, 0.2) is 61.1 Å². The first-order chi connectivity index (χ1) is 14.2. The van der Waals surface area contributed by atoms with E-state index < -0.39 is 0 Å². The molecule has 29 heavy (non-hydrogen) atoms. The van der Waals surface area contributed by atoms with Crippen LogP contribution < -0.4 is 4.90 Å². The van der Waals surface area contributed by atoms with Crippen molar-refractivity contribution in [3.8, 4) is 22.4 Å². The lowest BCUT2D eigenvalue weighted by molar-refractivity contribution is 0.311. The molecule has 0 radical (unpaired) electrons. The highest BCUT2D eigenvalue weighted by molar-refractivity contribution is 5.81. The highest BCUT2D eigenvalue weighted by Gasteiger charge is 2.19. The van der Waals surface area contributed by atoms with Crippen molar-refractivity contribution in [1.82, 2.24) is 24.5 Å². The fourth-order valence-electron chi connectivity index (χ4n) is 3.66. The molecule has 4 aromatic rings. The van der Waals surface area contributed by atoms with Gasteiger partial charge in [-0.3, -0.25) is 4.98 Å². The zero-order valence-corrected chi connectivity index (χ0v) is 16.2. The van der Waals surface area contributed by atoms with Crippen LogP contribution in [0.3, 0.4) is 0 Å². The average Bonchev–Trinajstić information content (AvgIpc) is 3.19. The molecule has 3 aromatic heterocycles. The monoisotopic (exact) mass is 388 g/mol. The summed E-state index contributed by atoms with van der Waals surface area (Å²) in [7, 11) is 2.14. The number of aromatic nitrogens is 4. The highest BCUT2D eigenvalue weighted by atomic mass is 19.1. The van der Waals surface area contributed by atoms with E-state index in [1.165, 1.54) is 12.1 Å². The molecule has 0 amide bonds. The first kappa shape index (κ1) is 17.8. The summed E-state index contributed by atoms with van der Waals surface area (Å²) in [6.07, 6.45) is 5.48. The second-order valence-corrected chi connectivity index (χ2v) is 7.34. The molecule has 0 N–H and O–H groups in total. The Balaban J connectivity index is 1.65. The summed E-state index contributed by atoms with van der Waals surface area (Å²) in [5.41, 5.74) is 4.44. The van der Waals surface area contributed by atoms with Crippen molar-refractivity contribution in [2.75, 3.05) is 38.1 Å². The van der Waals surface area contributed by atoms with Gasteiger partial charge >= 0.3 is 0 Å². The van der Waals surface area contributed by atoms with Crippen LogP contribution in [0.4, 0.5) is 10.2 Å². The molecule has 6 nitrogen and oxygen atoms in total. The van der Waals surface area contributed by atoms with E-state index in [0.29, 0.717) is 0 Å². The van der Waals surface area contributed by atoms with Crippen LogP contribution in [0.1, 0.15) is 0 Å². The molecular formula is C22H21FN6. The number of pyridine rings is 1. The molecule has 1 fully saturated rings. The maximum absolute atomic E-state index is 13.3. The van der Waals surface area contributed by atoms with Crippen LogP contribution in [0, 0.1) is 5.82 Å². The normalized spacial score (nSPS) is 15.2. The van der Waals surface area contributed by atoms with Crippen molar-refractivity contribution < 1.29 is 4.39 Å². The van der Waals surface area contributed by atoms with Gasteiger partial charge < -0.3 is 9.80 Å². The number of halogens is 1. The van der Waals surface area contributed by atoms with E-state index in [2.05, 4.69) is 27.9 Å². The average molecular weight is 388 g/mol. The van der Waals surface area contributed by atoms with E-state index in [0.717, 1.165) is 60.0 Å². The fraction of sp³-hybridized carbons (Fsp3) is 0.227. The smallest absolute Gasteiger partial charge is 0.162 e. The molecule has 0 bridgehead atoms. The van der Waals surface area contributed by atoms with Crippen LogP contribution in [-0.4, -0.2) is 57.7 Å². The first-order valence-electron chi connectivity index (χ1n) is 9.68. The predicted molar refractivity (Wildman–Crippen MR) is 111 cm³/mol. The number of likely N-dealkylation sites (N-methyl/N-ethyl adjacent to an activating group) is 1. The molecule has 1 aromatic carbocycles. The summed E-state index contributed by atoms with van der Waals surface area (Å²) >= 11 is 0. The molecule has 4 heterocycles. The van der Waals surface area contributed by atoms with Gasteiger partial charge in [-0.2, -0.15) is 0 Å².